The minimum absolute atomic E-state index is 0.416. The van der Waals surface area contributed by atoms with Gasteiger partial charge in [0.1, 0.15) is 0 Å². The number of aryl methyl sites for hydroxylation is 1. The van der Waals surface area contributed by atoms with Crippen molar-refractivity contribution in [1.29, 1.82) is 0 Å². The zero-order chi connectivity index (χ0) is 15.1. The van der Waals surface area contributed by atoms with Crippen molar-refractivity contribution in [3.8, 4) is 5.88 Å². The van der Waals surface area contributed by atoms with Crippen LogP contribution in [0.1, 0.15) is 23.6 Å². The number of nitrogens with one attached hydrogen (secondary N) is 1. The number of hydrogen-bond acceptors (Lipinski definition) is 4. The van der Waals surface area contributed by atoms with Crippen LogP contribution in [0.4, 0.5) is 0 Å². The average Bonchev–Trinajstić information content (AvgIpc) is 2.49. The summed E-state index contributed by atoms with van der Waals surface area (Å²) in [6.45, 7) is 5.27. The topological polar surface area (TPSA) is 47.0 Å². The third-order valence-corrected chi connectivity index (χ3v) is 3.57. The van der Waals surface area contributed by atoms with Crippen LogP contribution in [0.2, 0.25) is 0 Å². The van der Waals surface area contributed by atoms with Crippen LogP contribution < -0.4 is 10.1 Å². The van der Waals surface area contributed by atoms with Gasteiger partial charge in [-0.25, -0.2) is 4.98 Å². The van der Waals surface area contributed by atoms with Gasteiger partial charge < -0.3 is 10.1 Å². The maximum Gasteiger partial charge on any atom is 0.213 e. The van der Waals surface area contributed by atoms with Gasteiger partial charge in [-0.2, -0.15) is 0 Å². The fourth-order valence-electron chi connectivity index (χ4n) is 2.35. The van der Waals surface area contributed by atoms with Crippen LogP contribution in [0, 0.1) is 6.92 Å². The monoisotopic (exact) mass is 285 g/mol. The smallest absolute Gasteiger partial charge is 0.213 e. The van der Waals surface area contributed by atoms with Crippen LogP contribution in [0.3, 0.4) is 0 Å². The lowest BCUT2D eigenvalue weighted by atomic mass is 10.1. The highest BCUT2D eigenvalue weighted by molar-refractivity contribution is 5.22. The maximum atomic E-state index is 5.15. The van der Waals surface area contributed by atoms with Gasteiger partial charge in [-0.15, -0.1) is 0 Å². The first-order valence-electron chi connectivity index (χ1n) is 7.31. The molecule has 2 aromatic heterocycles. The van der Waals surface area contributed by atoms with Crippen LogP contribution in [-0.4, -0.2) is 29.7 Å². The average molecular weight is 285 g/mol. The molecule has 0 aromatic carbocycles. The van der Waals surface area contributed by atoms with Crippen molar-refractivity contribution in [2.24, 2.45) is 0 Å². The first-order valence-corrected chi connectivity index (χ1v) is 7.31. The number of nitrogens with zero attached hydrogens (tertiary/aromatic N) is 2. The molecule has 1 N–H and O–H groups in total. The molecule has 0 unspecified atom stereocenters. The van der Waals surface area contributed by atoms with Crippen molar-refractivity contribution in [2.45, 2.75) is 32.7 Å². The predicted octanol–water partition coefficient (Wildman–Crippen LogP) is 2.56. The molecule has 0 aliphatic carbocycles. The number of ether oxygens (including phenoxy) is 1. The highest BCUT2D eigenvalue weighted by Crippen LogP contribution is 2.11. The molecular formula is C17H23N3O. The van der Waals surface area contributed by atoms with E-state index < -0.39 is 0 Å². The Kier molecular flexibility index (Phi) is 5.69. The molecule has 2 heterocycles. The van der Waals surface area contributed by atoms with Gasteiger partial charge >= 0.3 is 0 Å². The number of rotatable bonds is 7. The fourth-order valence-corrected chi connectivity index (χ4v) is 2.35. The number of methoxy groups -OCH3 is 1. The van der Waals surface area contributed by atoms with Gasteiger partial charge in [-0.1, -0.05) is 0 Å². The molecular weight excluding hydrogens is 262 g/mol. The van der Waals surface area contributed by atoms with Crippen molar-refractivity contribution in [3.63, 3.8) is 0 Å². The number of hydrogen-bond donors (Lipinski definition) is 1. The lowest BCUT2D eigenvalue weighted by Gasteiger charge is -2.14. The van der Waals surface area contributed by atoms with Crippen LogP contribution in [0.15, 0.2) is 36.8 Å². The molecule has 2 rings (SSSR count). The summed E-state index contributed by atoms with van der Waals surface area (Å²) in [6.07, 6.45) is 7.56. The molecule has 4 heteroatoms. The molecule has 0 saturated heterocycles. The molecule has 0 aliphatic heterocycles. The molecule has 0 saturated carbocycles. The van der Waals surface area contributed by atoms with E-state index in [1.54, 1.807) is 13.3 Å². The van der Waals surface area contributed by atoms with Gasteiger partial charge in [0.2, 0.25) is 5.88 Å². The Morgan fingerprint density at radius 1 is 1.29 bits per heavy atom. The quantitative estimate of drug-likeness (QED) is 0.849. The zero-order valence-electron chi connectivity index (χ0n) is 13.0. The summed E-state index contributed by atoms with van der Waals surface area (Å²) in [7, 11) is 1.64. The molecule has 2 aromatic rings. The molecule has 1 atom stereocenters. The molecule has 21 heavy (non-hydrogen) atoms. The summed E-state index contributed by atoms with van der Waals surface area (Å²) in [4.78, 5) is 8.25. The van der Waals surface area contributed by atoms with E-state index in [1.165, 1.54) is 16.7 Å². The summed E-state index contributed by atoms with van der Waals surface area (Å²) in [6, 6.07) is 6.54. The Morgan fingerprint density at radius 2 is 2.14 bits per heavy atom. The van der Waals surface area contributed by atoms with Gasteiger partial charge in [0.15, 0.2) is 0 Å². The van der Waals surface area contributed by atoms with Gasteiger partial charge in [-0.3, -0.25) is 4.98 Å². The molecule has 0 radical (unpaired) electrons. The van der Waals surface area contributed by atoms with Crippen LogP contribution in [-0.2, 0) is 12.8 Å². The normalized spacial score (nSPS) is 12.1. The second-order valence-corrected chi connectivity index (χ2v) is 5.32. The molecule has 0 amide bonds. The summed E-state index contributed by atoms with van der Waals surface area (Å²) in [5, 5.41) is 3.56. The largest absolute Gasteiger partial charge is 0.481 e. The van der Waals surface area contributed by atoms with E-state index in [1.807, 2.05) is 24.5 Å². The Labute approximate surface area is 126 Å². The van der Waals surface area contributed by atoms with E-state index in [4.69, 9.17) is 4.74 Å². The summed E-state index contributed by atoms with van der Waals surface area (Å²) < 4.78 is 5.15. The third kappa shape index (κ3) is 4.83. The Morgan fingerprint density at radius 3 is 2.90 bits per heavy atom. The van der Waals surface area contributed by atoms with Gasteiger partial charge in [-0.05, 0) is 62.1 Å². The molecule has 0 aliphatic rings. The summed E-state index contributed by atoms with van der Waals surface area (Å²) in [5.41, 5.74) is 3.85. The SMILES string of the molecule is COc1cc(C[C@H](C)NCCc2ccncc2C)ccn1. The Bertz CT molecular complexity index is 571. The first-order chi connectivity index (χ1) is 10.2. The van der Waals surface area contributed by atoms with Crippen molar-refractivity contribution in [1.82, 2.24) is 15.3 Å². The van der Waals surface area contributed by atoms with E-state index in [2.05, 4.69) is 35.2 Å². The van der Waals surface area contributed by atoms with Crippen LogP contribution in [0.25, 0.3) is 0 Å². The third-order valence-electron chi connectivity index (χ3n) is 3.57. The van der Waals surface area contributed by atoms with E-state index in [0.717, 1.165) is 19.4 Å². The van der Waals surface area contributed by atoms with Gasteiger partial charge in [0, 0.05) is 30.7 Å². The molecule has 4 nitrogen and oxygen atoms in total. The highest BCUT2D eigenvalue weighted by Gasteiger charge is 2.05. The summed E-state index contributed by atoms with van der Waals surface area (Å²) >= 11 is 0. The van der Waals surface area contributed by atoms with Crippen molar-refractivity contribution in [2.75, 3.05) is 13.7 Å². The second-order valence-electron chi connectivity index (χ2n) is 5.32. The lowest BCUT2D eigenvalue weighted by molar-refractivity contribution is 0.397. The standard InChI is InChI=1S/C17H23N3O/c1-13-12-18-7-5-16(13)6-9-19-14(2)10-15-4-8-20-17(11-15)21-3/h4-5,7-8,11-12,14,19H,6,9-10H2,1-3H3/t14-/m0/s1. The maximum absolute atomic E-state index is 5.15. The Balaban J connectivity index is 1.79. The second kappa shape index (κ2) is 7.74. The highest BCUT2D eigenvalue weighted by atomic mass is 16.5. The minimum Gasteiger partial charge on any atom is -0.481 e. The van der Waals surface area contributed by atoms with E-state index in [9.17, 15) is 0 Å². The van der Waals surface area contributed by atoms with Crippen LogP contribution in [0.5, 0.6) is 5.88 Å². The Hall–Kier alpha value is -1.94. The zero-order valence-corrected chi connectivity index (χ0v) is 13.0. The van der Waals surface area contributed by atoms with Crippen LogP contribution >= 0.6 is 0 Å². The fraction of sp³-hybridized carbons (Fsp3) is 0.412. The van der Waals surface area contributed by atoms with Crippen molar-refractivity contribution < 1.29 is 4.74 Å². The molecule has 0 spiro atoms. The minimum atomic E-state index is 0.416. The predicted molar refractivity (Wildman–Crippen MR) is 84.6 cm³/mol. The molecule has 112 valence electrons. The van der Waals surface area contributed by atoms with Crippen molar-refractivity contribution >= 4 is 0 Å². The number of pyridine rings is 2. The van der Waals surface area contributed by atoms with Gasteiger partial charge in [0.05, 0.1) is 7.11 Å². The lowest BCUT2D eigenvalue weighted by Crippen LogP contribution is -2.30. The van der Waals surface area contributed by atoms with Crippen molar-refractivity contribution in [3.05, 3.63) is 53.5 Å². The first kappa shape index (κ1) is 15.4. The molecule has 0 bridgehead atoms. The van der Waals surface area contributed by atoms with E-state index in [-0.39, 0.29) is 0 Å². The van der Waals surface area contributed by atoms with Gasteiger partial charge in [0.25, 0.3) is 0 Å². The van der Waals surface area contributed by atoms with E-state index in [0.29, 0.717) is 11.9 Å². The van der Waals surface area contributed by atoms with E-state index >= 15 is 0 Å². The number of aromatic nitrogens is 2. The molecule has 0 fully saturated rings. The summed E-state index contributed by atoms with van der Waals surface area (Å²) in [5.74, 6) is 0.673.